The summed E-state index contributed by atoms with van der Waals surface area (Å²) in [4.78, 5) is 0. The van der Waals surface area contributed by atoms with Gasteiger partial charge >= 0.3 is 0 Å². The molecule has 0 saturated carbocycles. The highest BCUT2D eigenvalue weighted by molar-refractivity contribution is 9.10. The van der Waals surface area contributed by atoms with Crippen molar-refractivity contribution >= 4 is 27.3 Å². The van der Waals surface area contributed by atoms with Gasteiger partial charge in [-0.05, 0) is 40.2 Å². The maximum absolute atomic E-state index is 6.03. The molecule has 0 aliphatic rings. The molecule has 2 aromatic rings. The predicted octanol–water partition coefficient (Wildman–Crippen LogP) is 3.87. The molecule has 0 atom stereocenters. The Balaban J connectivity index is 2.38. The molecule has 0 fully saturated rings. The minimum absolute atomic E-state index is 0.589. The number of rotatable bonds is 3. The number of nitrogens with two attached hydrogens (primary N) is 1. The molecular weight excluding hydrogens is 280 g/mol. The molecule has 0 spiro atoms. The summed E-state index contributed by atoms with van der Waals surface area (Å²) in [6.45, 7) is 0. The highest BCUT2D eigenvalue weighted by atomic mass is 79.9. The summed E-state index contributed by atoms with van der Waals surface area (Å²) in [5, 5.41) is 3.02. The third kappa shape index (κ3) is 2.53. The van der Waals surface area contributed by atoms with Crippen LogP contribution >= 0.6 is 15.9 Å². The lowest BCUT2D eigenvalue weighted by Crippen LogP contribution is -1.99. The monoisotopic (exact) mass is 292 g/mol. The van der Waals surface area contributed by atoms with Gasteiger partial charge in [0.25, 0.3) is 0 Å². The van der Waals surface area contributed by atoms with Crippen molar-refractivity contribution < 1.29 is 4.74 Å². The lowest BCUT2D eigenvalue weighted by atomic mass is 10.2. The number of ether oxygens (including phenoxy) is 1. The average molecular weight is 293 g/mol. The van der Waals surface area contributed by atoms with E-state index >= 15 is 0 Å². The fourth-order valence-electron chi connectivity index (χ4n) is 1.50. The summed E-state index contributed by atoms with van der Waals surface area (Å²) in [6, 6.07) is 13.4. The third-order valence-corrected chi connectivity index (χ3v) is 3.00. The normalized spacial score (nSPS) is 10.0. The van der Waals surface area contributed by atoms with Gasteiger partial charge in [-0.25, -0.2) is 0 Å². The largest absolute Gasteiger partial charge is 0.454 e. The first-order chi connectivity index (χ1) is 8.22. The molecule has 88 valence electrons. The van der Waals surface area contributed by atoms with Crippen LogP contribution in [0.25, 0.3) is 0 Å². The van der Waals surface area contributed by atoms with Gasteiger partial charge in [0.15, 0.2) is 5.75 Å². The van der Waals surface area contributed by atoms with E-state index in [4.69, 9.17) is 10.5 Å². The van der Waals surface area contributed by atoms with Crippen molar-refractivity contribution in [3.05, 3.63) is 46.9 Å². The van der Waals surface area contributed by atoms with Crippen LogP contribution in [0.5, 0.6) is 11.5 Å². The maximum Gasteiger partial charge on any atom is 0.166 e. The van der Waals surface area contributed by atoms with Crippen molar-refractivity contribution in [1.82, 2.24) is 0 Å². The van der Waals surface area contributed by atoms with Gasteiger partial charge < -0.3 is 15.8 Å². The van der Waals surface area contributed by atoms with E-state index in [1.54, 1.807) is 0 Å². The molecule has 3 nitrogen and oxygen atoms in total. The Morgan fingerprint density at radius 3 is 2.47 bits per heavy atom. The van der Waals surface area contributed by atoms with Crippen molar-refractivity contribution in [2.24, 2.45) is 0 Å². The fourth-order valence-corrected chi connectivity index (χ4v) is 1.93. The van der Waals surface area contributed by atoms with Gasteiger partial charge in [-0.15, -0.1) is 0 Å². The van der Waals surface area contributed by atoms with E-state index < -0.39 is 0 Å². The molecule has 0 heterocycles. The molecule has 2 rings (SSSR count). The lowest BCUT2D eigenvalue weighted by molar-refractivity contribution is 0.482. The first-order valence-corrected chi connectivity index (χ1v) is 6.00. The van der Waals surface area contributed by atoms with Crippen LogP contribution in [0.1, 0.15) is 0 Å². The Morgan fingerprint density at radius 1 is 1.12 bits per heavy atom. The van der Waals surface area contributed by atoms with Gasteiger partial charge in [0, 0.05) is 7.05 Å². The molecule has 0 bridgehead atoms. The standard InChI is InChI=1S/C13H13BrN2O/c1-16-11-8-7-10(14)13(12(11)15)17-9-5-3-2-4-6-9/h2-8,16H,15H2,1H3. The second-order valence-electron chi connectivity index (χ2n) is 3.50. The van der Waals surface area contributed by atoms with Crippen LogP contribution in [0.4, 0.5) is 11.4 Å². The van der Waals surface area contributed by atoms with E-state index in [1.165, 1.54) is 0 Å². The Hall–Kier alpha value is -1.68. The summed E-state index contributed by atoms with van der Waals surface area (Å²) >= 11 is 3.44. The van der Waals surface area contributed by atoms with Crippen LogP contribution in [0.3, 0.4) is 0 Å². The number of benzene rings is 2. The third-order valence-electron chi connectivity index (χ3n) is 2.38. The number of anilines is 2. The van der Waals surface area contributed by atoms with Gasteiger partial charge in [0.05, 0.1) is 15.8 Å². The molecule has 4 heteroatoms. The van der Waals surface area contributed by atoms with Crippen molar-refractivity contribution in [3.8, 4) is 11.5 Å². The summed E-state index contributed by atoms with van der Waals surface area (Å²) in [6.07, 6.45) is 0. The number of para-hydroxylation sites is 1. The second-order valence-corrected chi connectivity index (χ2v) is 4.36. The van der Waals surface area contributed by atoms with Gasteiger partial charge in [-0.1, -0.05) is 18.2 Å². The molecule has 3 N–H and O–H groups in total. The molecule has 0 unspecified atom stereocenters. The summed E-state index contributed by atoms with van der Waals surface area (Å²) in [5.74, 6) is 1.39. The van der Waals surface area contributed by atoms with E-state index in [-0.39, 0.29) is 0 Å². The van der Waals surface area contributed by atoms with Crippen molar-refractivity contribution in [2.75, 3.05) is 18.1 Å². The first kappa shape index (κ1) is 11.8. The molecule has 0 radical (unpaired) electrons. The summed E-state index contributed by atoms with van der Waals surface area (Å²) in [5.41, 5.74) is 7.46. The second kappa shape index (κ2) is 5.10. The highest BCUT2D eigenvalue weighted by Crippen LogP contribution is 2.39. The van der Waals surface area contributed by atoms with E-state index in [1.807, 2.05) is 49.5 Å². The number of hydrogen-bond acceptors (Lipinski definition) is 3. The minimum atomic E-state index is 0.589. The molecule has 0 saturated heterocycles. The SMILES string of the molecule is CNc1ccc(Br)c(Oc2ccccc2)c1N. The average Bonchev–Trinajstić information content (AvgIpc) is 2.36. The van der Waals surface area contributed by atoms with E-state index in [0.29, 0.717) is 11.4 Å². The predicted molar refractivity (Wildman–Crippen MR) is 74.6 cm³/mol. The van der Waals surface area contributed by atoms with Crippen LogP contribution < -0.4 is 15.8 Å². The van der Waals surface area contributed by atoms with Crippen LogP contribution in [0, 0.1) is 0 Å². The molecule has 0 amide bonds. The van der Waals surface area contributed by atoms with Crippen molar-refractivity contribution in [1.29, 1.82) is 0 Å². The quantitative estimate of drug-likeness (QED) is 0.845. The molecule has 0 aliphatic heterocycles. The first-order valence-electron chi connectivity index (χ1n) is 5.21. The maximum atomic E-state index is 6.03. The summed E-state index contributed by atoms with van der Waals surface area (Å²) in [7, 11) is 1.83. The van der Waals surface area contributed by atoms with Crippen molar-refractivity contribution in [3.63, 3.8) is 0 Å². The number of nitrogens with one attached hydrogen (secondary N) is 1. The van der Waals surface area contributed by atoms with E-state index in [9.17, 15) is 0 Å². The zero-order valence-electron chi connectivity index (χ0n) is 9.41. The van der Waals surface area contributed by atoms with Crippen LogP contribution in [-0.2, 0) is 0 Å². The number of halogens is 1. The van der Waals surface area contributed by atoms with Crippen LogP contribution in [0.2, 0.25) is 0 Å². The molecule has 0 aliphatic carbocycles. The van der Waals surface area contributed by atoms with Crippen LogP contribution in [0.15, 0.2) is 46.9 Å². The van der Waals surface area contributed by atoms with Crippen LogP contribution in [-0.4, -0.2) is 7.05 Å². The Labute approximate surface area is 109 Å². The Kier molecular flexibility index (Phi) is 3.54. The molecule has 2 aromatic carbocycles. The number of hydrogen-bond donors (Lipinski definition) is 2. The van der Waals surface area contributed by atoms with Gasteiger partial charge in [-0.2, -0.15) is 0 Å². The molecule has 0 aromatic heterocycles. The molecular formula is C13H13BrN2O. The lowest BCUT2D eigenvalue weighted by Gasteiger charge is -2.13. The van der Waals surface area contributed by atoms with E-state index in [0.717, 1.165) is 15.9 Å². The highest BCUT2D eigenvalue weighted by Gasteiger charge is 2.10. The van der Waals surface area contributed by atoms with Gasteiger partial charge in [0.1, 0.15) is 5.75 Å². The number of nitrogen functional groups attached to an aromatic ring is 1. The Morgan fingerprint density at radius 2 is 1.82 bits per heavy atom. The zero-order valence-corrected chi connectivity index (χ0v) is 11.0. The Bertz CT molecular complexity index is 514. The van der Waals surface area contributed by atoms with Gasteiger partial charge in [-0.3, -0.25) is 0 Å². The summed E-state index contributed by atoms with van der Waals surface area (Å²) < 4.78 is 6.60. The molecule has 17 heavy (non-hydrogen) atoms. The zero-order chi connectivity index (χ0) is 12.3. The van der Waals surface area contributed by atoms with E-state index in [2.05, 4.69) is 21.2 Å². The fraction of sp³-hybridized carbons (Fsp3) is 0.0769. The topological polar surface area (TPSA) is 47.3 Å². The minimum Gasteiger partial charge on any atom is -0.454 e. The van der Waals surface area contributed by atoms with Crippen molar-refractivity contribution in [2.45, 2.75) is 0 Å². The van der Waals surface area contributed by atoms with Gasteiger partial charge in [0.2, 0.25) is 0 Å². The smallest absolute Gasteiger partial charge is 0.166 e.